The van der Waals surface area contributed by atoms with Crippen molar-refractivity contribution in [2.45, 2.75) is 20.4 Å². The Morgan fingerprint density at radius 2 is 2.25 bits per heavy atom. The second kappa shape index (κ2) is 4.39. The fourth-order valence-corrected chi connectivity index (χ4v) is 1.77. The number of ether oxygens (including phenoxy) is 1. The van der Waals surface area contributed by atoms with E-state index < -0.39 is 0 Å². The molecule has 0 aliphatic carbocycles. The van der Waals surface area contributed by atoms with Crippen LogP contribution in [0.1, 0.15) is 18.3 Å². The third kappa shape index (κ3) is 2.51. The number of rotatable bonds is 4. The van der Waals surface area contributed by atoms with Crippen molar-refractivity contribution in [2.75, 3.05) is 19.8 Å². The molecule has 2 N–H and O–H groups in total. The molecule has 1 aromatic rings. The van der Waals surface area contributed by atoms with Gasteiger partial charge in [-0.15, -0.1) is 0 Å². The van der Waals surface area contributed by atoms with Gasteiger partial charge in [0, 0.05) is 24.2 Å². The zero-order valence-corrected chi connectivity index (χ0v) is 9.79. The van der Waals surface area contributed by atoms with Gasteiger partial charge in [0.2, 0.25) is 0 Å². The molecule has 0 spiro atoms. The maximum absolute atomic E-state index is 9.61. The molecule has 88 valence electrons. The monoisotopic (exact) mass is 222 g/mol. The zero-order chi connectivity index (χ0) is 11.6. The summed E-state index contributed by atoms with van der Waals surface area (Å²) in [5, 5.41) is 12.9. The van der Waals surface area contributed by atoms with Gasteiger partial charge >= 0.3 is 0 Å². The number of aryl methyl sites for hydroxylation is 1. The van der Waals surface area contributed by atoms with Crippen LogP contribution >= 0.6 is 0 Å². The molecule has 0 amide bonds. The Labute approximate surface area is 95.7 Å². The molecule has 4 heteroatoms. The van der Waals surface area contributed by atoms with E-state index in [1.165, 1.54) is 0 Å². The molecule has 4 nitrogen and oxygen atoms in total. The Kier molecular flexibility index (Phi) is 3.12. The predicted octanol–water partition coefficient (Wildman–Crippen LogP) is 1.22. The normalized spacial score (nSPS) is 18.1. The Morgan fingerprint density at radius 1 is 1.50 bits per heavy atom. The molecule has 0 radical (unpaired) electrons. The number of nitrogens with one attached hydrogen (secondary N) is 1. The number of hydrogen-bond acceptors (Lipinski definition) is 4. The summed E-state index contributed by atoms with van der Waals surface area (Å²) in [5.41, 5.74) is 1.89. The second-order valence-corrected chi connectivity index (χ2v) is 4.83. The van der Waals surface area contributed by atoms with E-state index in [9.17, 15) is 5.11 Å². The van der Waals surface area contributed by atoms with E-state index in [-0.39, 0.29) is 11.2 Å². The standard InChI is InChI=1S/C12H18N2O2/c1-9-3-4-11(15)10(14-9)5-13-6-12(2)7-16-8-12/h3-4,13,15H,5-8H2,1-2H3. The zero-order valence-electron chi connectivity index (χ0n) is 9.79. The van der Waals surface area contributed by atoms with E-state index in [4.69, 9.17) is 4.74 Å². The van der Waals surface area contributed by atoms with Gasteiger partial charge in [-0.2, -0.15) is 0 Å². The molecule has 1 aromatic heterocycles. The van der Waals surface area contributed by atoms with Crippen LogP contribution in [0.5, 0.6) is 5.75 Å². The summed E-state index contributed by atoms with van der Waals surface area (Å²) in [5.74, 6) is 0.258. The van der Waals surface area contributed by atoms with Crippen LogP contribution in [0.15, 0.2) is 12.1 Å². The highest BCUT2D eigenvalue weighted by atomic mass is 16.5. The summed E-state index contributed by atoms with van der Waals surface area (Å²) in [6, 6.07) is 3.49. The molecule has 0 bridgehead atoms. The summed E-state index contributed by atoms with van der Waals surface area (Å²) in [4.78, 5) is 4.29. The van der Waals surface area contributed by atoms with E-state index in [1.54, 1.807) is 12.1 Å². The molecule has 1 aliphatic rings. The summed E-state index contributed by atoms with van der Waals surface area (Å²) >= 11 is 0. The average Bonchev–Trinajstić information content (AvgIpc) is 2.21. The van der Waals surface area contributed by atoms with E-state index in [0.717, 1.165) is 25.5 Å². The molecule has 2 heterocycles. The first-order valence-corrected chi connectivity index (χ1v) is 5.53. The van der Waals surface area contributed by atoms with Crippen molar-refractivity contribution in [3.05, 3.63) is 23.5 Å². The third-order valence-corrected chi connectivity index (χ3v) is 2.83. The van der Waals surface area contributed by atoms with Gasteiger partial charge in [-0.1, -0.05) is 6.92 Å². The summed E-state index contributed by atoms with van der Waals surface area (Å²) in [6.07, 6.45) is 0. The fraction of sp³-hybridized carbons (Fsp3) is 0.583. The molecule has 1 fully saturated rings. The van der Waals surface area contributed by atoms with Gasteiger partial charge in [-0.25, -0.2) is 0 Å². The lowest BCUT2D eigenvalue weighted by atomic mass is 9.89. The van der Waals surface area contributed by atoms with Gasteiger partial charge in [0.25, 0.3) is 0 Å². The van der Waals surface area contributed by atoms with Crippen LogP contribution in [-0.4, -0.2) is 29.8 Å². The first kappa shape index (κ1) is 11.4. The molecule has 2 rings (SSSR count). The SMILES string of the molecule is Cc1ccc(O)c(CNCC2(C)COC2)n1. The van der Waals surface area contributed by atoms with Crippen LogP contribution in [0, 0.1) is 12.3 Å². The highest BCUT2D eigenvalue weighted by molar-refractivity contribution is 5.27. The van der Waals surface area contributed by atoms with Crippen LogP contribution in [0.2, 0.25) is 0 Å². The highest BCUT2D eigenvalue weighted by Gasteiger charge is 2.32. The average molecular weight is 222 g/mol. The molecule has 0 saturated carbocycles. The minimum absolute atomic E-state index is 0.249. The van der Waals surface area contributed by atoms with Gasteiger partial charge < -0.3 is 15.2 Å². The molecule has 0 atom stereocenters. The van der Waals surface area contributed by atoms with Crippen molar-refractivity contribution < 1.29 is 9.84 Å². The van der Waals surface area contributed by atoms with Crippen LogP contribution < -0.4 is 5.32 Å². The van der Waals surface area contributed by atoms with Crippen molar-refractivity contribution >= 4 is 0 Å². The number of hydrogen-bond donors (Lipinski definition) is 2. The lowest BCUT2D eigenvalue weighted by Crippen LogP contribution is -2.47. The van der Waals surface area contributed by atoms with Gasteiger partial charge in [0.15, 0.2) is 0 Å². The quantitative estimate of drug-likeness (QED) is 0.804. The minimum Gasteiger partial charge on any atom is -0.506 e. The van der Waals surface area contributed by atoms with Crippen LogP contribution in [-0.2, 0) is 11.3 Å². The van der Waals surface area contributed by atoms with Crippen LogP contribution in [0.4, 0.5) is 0 Å². The van der Waals surface area contributed by atoms with E-state index in [0.29, 0.717) is 12.2 Å². The summed E-state index contributed by atoms with van der Waals surface area (Å²) in [7, 11) is 0. The number of aromatic hydroxyl groups is 1. The Morgan fingerprint density at radius 3 is 2.88 bits per heavy atom. The number of aromatic nitrogens is 1. The van der Waals surface area contributed by atoms with E-state index in [1.807, 2.05) is 6.92 Å². The minimum atomic E-state index is 0.249. The first-order valence-electron chi connectivity index (χ1n) is 5.53. The smallest absolute Gasteiger partial charge is 0.138 e. The van der Waals surface area contributed by atoms with Crippen LogP contribution in [0.25, 0.3) is 0 Å². The summed E-state index contributed by atoms with van der Waals surface area (Å²) < 4.78 is 5.18. The van der Waals surface area contributed by atoms with Gasteiger partial charge in [0.1, 0.15) is 5.75 Å². The third-order valence-electron chi connectivity index (χ3n) is 2.83. The van der Waals surface area contributed by atoms with Crippen molar-refractivity contribution in [1.82, 2.24) is 10.3 Å². The highest BCUT2D eigenvalue weighted by Crippen LogP contribution is 2.25. The lowest BCUT2D eigenvalue weighted by molar-refractivity contribution is -0.0991. The Balaban J connectivity index is 1.87. The number of pyridine rings is 1. The maximum Gasteiger partial charge on any atom is 0.138 e. The molecule has 0 unspecified atom stereocenters. The van der Waals surface area contributed by atoms with Crippen molar-refractivity contribution in [3.63, 3.8) is 0 Å². The van der Waals surface area contributed by atoms with Gasteiger partial charge in [-0.05, 0) is 19.1 Å². The molecule has 0 aromatic carbocycles. The predicted molar refractivity (Wildman–Crippen MR) is 61.3 cm³/mol. The van der Waals surface area contributed by atoms with E-state index >= 15 is 0 Å². The van der Waals surface area contributed by atoms with Crippen molar-refractivity contribution in [3.8, 4) is 5.75 Å². The molecular formula is C12H18N2O2. The molecule has 1 aliphatic heterocycles. The van der Waals surface area contributed by atoms with Crippen LogP contribution in [0.3, 0.4) is 0 Å². The second-order valence-electron chi connectivity index (χ2n) is 4.83. The van der Waals surface area contributed by atoms with E-state index in [2.05, 4.69) is 17.2 Å². The first-order chi connectivity index (χ1) is 7.59. The largest absolute Gasteiger partial charge is 0.506 e. The van der Waals surface area contributed by atoms with Gasteiger partial charge in [0.05, 0.1) is 18.9 Å². The maximum atomic E-state index is 9.61. The van der Waals surface area contributed by atoms with Crippen molar-refractivity contribution in [1.29, 1.82) is 0 Å². The number of nitrogens with zero attached hydrogens (tertiary/aromatic N) is 1. The molecular weight excluding hydrogens is 204 g/mol. The topological polar surface area (TPSA) is 54.4 Å². The lowest BCUT2D eigenvalue weighted by Gasteiger charge is -2.38. The fourth-order valence-electron chi connectivity index (χ4n) is 1.77. The van der Waals surface area contributed by atoms with Crippen molar-refractivity contribution in [2.24, 2.45) is 5.41 Å². The Bertz CT molecular complexity index is 375. The molecule has 1 saturated heterocycles. The van der Waals surface area contributed by atoms with Gasteiger partial charge in [-0.3, -0.25) is 4.98 Å². The Hall–Kier alpha value is -1.13. The summed E-state index contributed by atoms with van der Waals surface area (Å²) in [6.45, 7) is 7.22. The molecule has 16 heavy (non-hydrogen) atoms.